The summed E-state index contributed by atoms with van der Waals surface area (Å²) in [6.45, 7) is 2.63. The molecule has 18 heavy (non-hydrogen) atoms. The zero-order valence-corrected chi connectivity index (χ0v) is 11.6. The number of ether oxygens (including phenoxy) is 2. The van der Waals surface area contributed by atoms with Crippen molar-refractivity contribution in [2.45, 2.75) is 44.3 Å². The lowest BCUT2D eigenvalue weighted by Gasteiger charge is -2.35. The topological polar surface area (TPSA) is 38.8 Å². The Bertz CT molecular complexity index is 264. The lowest BCUT2D eigenvalue weighted by atomic mass is 9.75. The molecule has 1 saturated heterocycles. The maximum absolute atomic E-state index is 11.5. The molecular weight excluding hydrogens is 230 g/mol. The molecule has 0 amide bonds. The van der Waals surface area contributed by atoms with E-state index in [0.717, 1.165) is 32.5 Å². The van der Waals surface area contributed by atoms with Crippen molar-refractivity contribution in [2.75, 3.05) is 33.9 Å². The molecule has 4 nitrogen and oxygen atoms in total. The lowest BCUT2D eigenvalue weighted by Crippen LogP contribution is -2.40. The van der Waals surface area contributed by atoms with Crippen LogP contribution in [-0.4, -0.2) is 57.2 Å². The number of aldehydes is 1. The zero-order valence-electron chi connectivity index (χ0n) is 11.6. The summed E-state index contributed by atoms with van der Waals surface area (Å²) in [5, 5.41) is 0. The number of hydrogen-bond acceptors (Lipinski definition) is 4. The molecule has 0 N–H and O–H groups in total. The first-order chi connectivity index (χ1) is 8.73. The van der Waals surface area contributed by atoms with Crippen LogP contribution in [0, 0.1) is 5.41 Å². The van der Waals surface area contributed by atoms with Crippen molar-refractivity contribution in [3.05, 3.63) is 0 Å². The van der Waals surface area contributed by atoms with Gasteiger partial charge in [0.25, 0.3) is 0 Å². The molecule has 2 atom stereocenters. The van der Waals surface area contributed by atoms with Gasteiger partial charge in [0, 0.05) is 39.3 Å². The highest BCUT2D eigenvalue weighted by Crippen LogP contribution is 2.36. The number of carbonyl (C=O) groups excluding carboxylic acids is 1. The number of hydrogen-bond donors (Lipinski definition) is 0. The van der Waals surface area contributed by atoms with Crippen LogP contribution in [0.25, 0.3) is 0 Å². The van der Waals surface area contributed by atoms with Crippen LogP contribution >= 0.6 is 0 Å². The van der Waals surface area contributed by atoms with E-state index in [1.165, 1.54) is 25.5 Å². The van der Waals surface area contributed by atoms with E-state index < -0.39 is 0 Å². The van der Waals surface area contributed by atoms with Gasteiger partial charge in [-0.05, 0) is 12.8 Å². The fourth-order valence-corrected chi connectivity index (χ4v) is 3.41. The van der Waals surface area contributed by atoms with Crippen LogP contribution in [0.15, 0.2) is 0 Å². The van der Waals surface area contributed by atoms with Gasteiger partial charge in [0.15, 0.2) is 0 Å². The molecule has 0 spiro atoms. The highest BCUT2D eigenvalue weighted by Gasteiger charge is 2.39. The van der Waals surface area contributed by atoms with Gasteiger partial charge in [0.2, 0.25) is 0 Å². The normalized spacial score (nSPS) is 32.6. The molecule has 4 heteroatoms. The van der Waals surface area contributed by atoms with Crippen molar-refractivity contribution >= 4 is 6.29 Å². The van der Waals surface area contributed by atoms with Crippen LogP contribution in [0.5, 0.6) is 0 Å². The summed E-state index contributed by atoms with van der Waals surface area (Å²) in [5.74, 6) is 0. The first-order valence-corrected chi connectivity index (χ1v) is 6.97. The van der Waals surface area contributed by atoms with Crippen LogP contribution < -0.4 is 0 Å². The van der Waals surface area contributed by atoms with Gasteiger partial charge in [-0.2, -0.15) is 0 Å². The quantitative estimate of drug-likeness (QED) is 0.698. The van der Waals surface area contributed by atoms with Gasteiger partial charge in [-0.15, -0.1) is 0 Å². The Balaban J connectivity index is 1.94. The van der Waals surface area contributed by atoms with Gasteiger partial charge in [-0.25, -0.2) is 0 Å². The molecule has 2 unspecified atom stereocenters. The first kappa shape index (κ1) is 14.0. The van der Waals surface area contributed by atoms with Gasteiger partial charge in [0.1, 0.15) is 6.29 Å². The monoisotopic (exact) mass is 255 g/mol. The smallest absolute Gasteiger partial charge is 0.127 e. The Kier molecular flexibility index (Phi) is 4.76. The standard InChI is InChI=1S/C14H25NO3/c1-17-12-8-15(9-13(12)18-2)10-14(11-16)6-4-3-5-7-14/h11-13H,3-10H2,1-2H3. The van der Waals surface area contributed by atoms with E-state index in [4.69, 9.17) is 9.47 Å². The second-order valence-electron chi connectivity index (χ2n) is 5.78. The molecule has 2 fully saturated rings. The molecule has 2 rings (SSSR count). The largest absolute Gasteiger partial charge is 0.377 e. The average molecular weight is 255 g/mol. The molecule has 104 valence electrons. The Morgan fingerprint density at radius 3 is 2.11 bits per heavy atom. The van der Waals surface area contributed by atoms with Crippen molar-refractivity contribution < 1.29 is 14.3 Å². The van der Waals surface area contributed by atoms with Gasteiger partial charge >= 0.3 is 0 Å². The molecule has 0 aromatic rings. The lowest BCUT2D eigenvalue weighted by molar-refractivity contribution is -0.119. The first-order valence-electron chi connectivity index (χ1n) is 6.97. The van der Waals surface area contributed by atoms with E-state index in [2.05, 4.69) is 4.90 Å². The molecule has 1 heterocycles. The van der Waals surface area contributed by atoms with E-state index in [-0.39, 0.29) is 17.6 Å². The predicted molar refractivity (Wildman–Crippen MR) is 69.6 cm³/mol. The van der Waals surface area contributed by atoms with Gasteiger partial charge in [0.05, 0.1) is 12.2 Å². The maximum Gasteiger partial charge on any atom is 0.127 e. The van der Waals surface area contributed by atoms with Crippen LogP contribution in [0.4, 0.5) is 0 Å². The Morgan fingerprint density at radius 1 is 1.11 bits per heavy atom. The summed E-state index contributed by atoms with van der Waals surface area (Å²) in [7, 11) is 3.46. The maximum atomic E-state index is 11.5. The molecule has 1 aliphatic carbocycles. The highest BCUT2D eigenvalue weighted by molar-refractivity contribution is 5.60. The van der Waals surface area contributed by atoms with Gasteiger partial charge in [-0.1, -0.05) is 19.3 Å². The van der Waals surface area contributed by atoms with Crippen molar-refractivity contribution in [3.8, 4) is 0 Å². The SMILES string of the molecule is COC1CN(CC2(C=O)CCCCC2)CC1OC. The van der Waals surface area contributed by atoms with Crippen molar-refractivity contribution in [1.29, 1.82) is 0 Å². The zero-order chi connectivity index (χ0) is 13.0. The van der Waals surface area contributed by atoms with Crippen LogP contribution in [-0.2, 0) is 14.3 Å². The second kappa shape index (κ2) is 6.13. The highest BCUT2D eigenvalue weighted by atomic mass is 16.5. The van der Waals surface area contributed by atoms with E-state index in [0.29, 0.717) is 0 Å². The molecule has 0 aromatic heterocycles. The molecule has 2 aliphatic rings. The van der Waals surface area contributed by atoms with Crippen LogP contribution in [0.2, 0.25) is 0 Å². The minimum absolute atomic E-state index is 0.112. The van der Waals surface area contributed by atoms with Crippen molar-refractivity contribution in [1.82, 2.24) is 4.90 Å². The number of likely N-dealkylation sites (tertiary alicyclic amines) is 1. The number of methoxy groups -OCH3 is 2. The van der Waals surface area contributed by atoms with Gasteiger partial charge in [-0.3, -0.25) is 4.90 Å². The fraction of sp³-hybridized carbons (Fsp3) is 0.929. The molecule has 0 bridgehead atoms. The summed E-state index contributed by atoms with van der Waals surface area (Å²) in [6.07, 6.45) is 7.22. The van der Waals surface area contributed by atoms with E-state index in [9.17, 15) is 4.79 Å². The molecule has 0 aromatic carbocycles. The van der Waals surface area contributed by atoms with E-state index >= 15 is 0 Å². The summed E-state index contributed by atoms with van der Waals surface area (Å²) >= 11 is 0. The minimum Gasteiger partial charge on any atom is -0.377 e. The minimum atomic E-state index is -0.112. The third kappa shape index (κ3) is 2.92. The van der Waals surface area contributed by atoms with Crippen molar-refractivity contribution in [3.63, 3.8) is 0 Å². The number of carbonyl (C=O) groups is 1. The Labute approximate surface area is 110 Å². The number of rotatable bonds is 5. The van der Waals surface area contributed by atoms with Crippen molar-refractivity contribution in [2.24, 2.45) is 5.41 Å². The van der Waals surface area contributed by atoms with Gasteiger partial charge < -0.3 is 14.3 Å². The molecular formula is C14H25NO3. The third-order valence-electron chi connectivity index (χ3n) is 4.53. The Morgan fingerprint density at radius 2 is 1.67 bits per heavy atom. The Hall–Kier alpha value is -0.450. The molecule has 1 aliphatic heterocycles. The third-order valence-corrected chi connectivity index (χ3v) is 4.53. The van der Waals surface area contributed by atoms with E-state index in [1.54, 1.807) is 14.2 Å². The predicted octanol–water partition coefficient (Wildman–Crippen LogP) is 1.48. The second-order valence-corrected chi connectivity index (χ2v) is 5.78. The molecule has 0 radical (unpaired) electrons. The average Bonchev–Trinajstić information content (AvgIpc) is 2.81. The summed E-state index contributed by atoms with van der Waals surface area (Å²) in [6, 6.07) is 0. The molecule has 1 saturated carbocycles. The fourth-order valence-electron chi connectivity index (χ4n) is 3.41. The number of nitrogens with zero attached hydrogens (tertiary/aromatic N) is 1. The summed E-state index contributed by atoms with van der Waals surface area (Å²) in [5.41, 5.74) is -0.112. The van der Waals surface area contributed by atoms with Crippen LogP contribution in [0.3, 0.4) is 0 Å². The van der Waals surface area contributed by atoms with Crippen LogP contribution in [0.1, 0.15) is 32.1 Å². The summed E-state index contributed by atoms with van der Waals surface area (Å²) < 4.78 is 10.9. The van der Waals surface area contributed by atoms with E-state index in [1.807, 2.05) is 0 Å². The summed E-state index contributed by atoms with van der Waals surface area (Å²) in [4.78, 5) is 13.8.